The molecule has 0 fully saturated rings. The Hall–Kier alpha value is -2.21. The number of thiazole rings is 1. The van der Waals surface area contributed by atoms with Crippen molar-refractivity contribution >= 4 is 28.3 Å². The number of nitrogens with one attached hydrogen (secondary N) is 2. The quantitative estimate of drug-likeness (QED) is 0.706. The lowest BCUT2D eigenvalue weighted by molar-refractivity contribution is 0.0941. The first-order chi connectivity index (χ1) is 11.6. The summed E-state index contributed by atoms with van der Waals surface area (Å²) in [6.07, 6.45) is 2.98. The predicted molar refractivity (Wildman–Crippen MR) is 97.4 cm³/mol. The average molecular weight is 342 g/mol. The standard InChI is InChI=1S/C18H22N4OS/c1-4-5-8-15-16(24-12(3)20-15)18(23)19-11(2)17-21-13-9-6-7-10-14(13)22-17/h6-7,9-11H,4-5,8H2,1-3H3,(H,19,23)(H,21,22)/t11-/m0/s1. The summed E-state index contributed by atoms with van der Waals surface area (Å²) in [5.74, 6) is 0.695. The molecule has 0 aliphatic heterocycles. The van der Waals surface area contributed by atoms with Crippen LogP contribution >= 0.6 is 11.3 Å². The fourth-order valence-corrected chi connectivity index (χ4v) is 3.54. The number of imidazole rings is 1. The monoisotopic (exact) mass is 342 g/mol. The van der Waals surface area contributed by atoms with Crippen molar-refractivity contribution in [3.05, 3.63) is 45.7 Å². The first kappa shape index (κ1) is 16.6. The van der Waals surface area contributed by atoms with Gasteiger partial charge in [0.05, 0.1) is 27.8 Å². The van der Waals surface area contributed by atoms with Gasteiger partial charge in [-0.15, -0.1) is 11.3 Å². The number of aromatic nitrogens is 3. The van der Waals surface area contributed by atoms with Crippen LogP contribution in [0.3, 0.4) is 0 Å². The molecule has 1 amide bonds. The molecule has 0 radical (unpaired) electrons. The molecule has 1 aromatic carbocycles. The van der Waals surface area contributed by atoms with Crippen LogP contribution in [0.1, 0.15) is 58.9 Å². The summed E-state index contributed by atoms with van der Waals surface area (Å²) in [6.45, 7) is 6.03. The zero-order chi connectivity index (χ0) is 17.1. The fraction of sp³-hybridized carbons (Fsp3) is 0.389. The van der Waals surface area contributed by atoms with Crippen molar-refractivity contribution in [3.63, 3.8) is 0 Å². The third kappa shape index (κ3) is 3.48. The number of rotatable bonds is 6. The van der Waals surface area contributed by atoms with E-state index in [9.17, 15) is 4.79 Å². The molecule has 24 heavy (non-hydrogen) atoms. The van der Waals surface area contributed by atoms with E-state index >= 15 is 0 Å². The van der Waals surface area contributed by atoms with Crippen LogP contribution in [0.25, 0.3) is 11.0 Å². The molecule has 0 unspecified atom stereocenters. The maximum atomic E-state index is 12.7. The summed E-state index contributed by atoms with van der Waals surface area (Å²) in [4.78, 5) is 25.7. The second-order valence-corrected chi connectivity index (χ2v) is 7.15. The number of carbonyl (C=O) groups excluding carboxylic acids is 1. The average Bonchev–Trinajstić information content (AvgIpc) is 3.16. The van der Waals surface area contributed by atoms with E-state index in [-0.39, 0.29) is 11.9 Å². The Kier molecular flexibility index (Phi) is 4.94. The molecule has 0 aliphatic carbocycles. The number of amides is 1. The Morgan fingerprint density at radius 1 is 1.33 bits per heavy atom. The first-order valence-corrected chi connectivity index (χ1v) is 9.12. The van der Waals surface area contributed by atoms with Crippen LogP contribution in [0.5, 0.6) is 0 Å². The first-order valence-electron chi connectivity index (χ1n) is 8.30. The maximum absolute atomic E-state index is 12.7. The number of aromatic amines is 1. The lowest BCUT2D eigenvalue weighted by Crippen LogP contribution is -2.27. The molecule has 3 rings (SSSR count). The van der Waals surface area contributed by atoms with Crippen LogP contribution in [0.2, 0.25) is 0 Å². The number of benzene rings is 1. The van der Waals surface area contributed by atoms with Crippen LogP contribution in [-0.2, 0) is 6.42 Å². The van der Waals surface area contributed by atoms with E-state index in [1.165, 1.54) is 11.3 Å². The van der Waals surface area contributed by atoms with Gasteiger partial charge in [0, 0.05) is 0 Å². The zero-order valence-electron chi connectivity index (χ0n) is 14.2. The third-order valence-corrected chi connectivity index (χ3v) is 4.95. The molecule has 5 nitrogen and oxygen atoms in total. The van der Waals surface area contributed by atoms with Crippen molar-refractivity contribution < 1.29 is 4.79 Å². The smallest absolute Gasteiger partial charge is 0.263 e. The lowest BCUT2D eigenvalue weighted by Gasteiger charge is -2.11. The van der Waals surface area contributed by atoms with Gasteiger partial charge in [0.1, 0.15) is 10.7 Å². The van der Waals surface area contributed by atoms with Gasteiger partial charge in [-0.2, -0.15) is 0 Å². The van der Waals surface area contributed by atoms with Gasteiger partial charge in [-0.3, -0.25) is 4.79 Å². The minimum absolute atomic E-state index is 0.0698. The molecule has 0 saturated heterocycles. The van der Waals surface area contributed by atoms with Gasteiger partial charge in [0.15, 0.2) is 0 Å². The minimum Gasteiger partial charge on any atom is -0.342 e. The molecule has 2 aromatic heterocycles. The molecule has 2 heterocycles. The van der Waals surface area contributed by atoms with Crippen LogP contribution in [0.15, 0.2) is 24.3 Å². The van der Waals surface area contributed by atoms with Crippen LogP contribution in [0.4, 0.5) is 0 Å². The number of hydrogen-bond donors (Lipinski definition) is 2. The molecular weight excluding hydrogens is 320 g/mol. The highest BCUT2D eigenvalue weighted by molar-refractivity contribution is 7.13. The second kappa shape index (κ2) is 7.13. The SMILES string of the molecule is CCCCc1nc(C)sc1C(=O)N[C@@H](C)c1nc2ccccc2[nH]1. The van der Waals surface area contributed by atoms with E-state index in [0.717, 1.165) is 51.7 Å². The largest absolute Gasteiger partial charge is 0.342 e. The molecule has 6 heteroatoms. The van der Waals surface area contributed by atoms with Gasteiger partial charge in [-0.1, -0.05) is 25.5 Å². The van der Waals surface area contributed by atoms with E-state index < -0.39 is 0 Å². The van der Waals surface area contributed by atoms with E-state index in [4.69, 9.17) is 0 Å². The van der Waals surface area contributed by atoms with Crippen molar-refractivity contribution in [2.24, 2.45) is 0 Å². The van der Waals surface area contributed by atoms with Gasteiger partial charge < -0.3 is 10.3 Å². The van der Waals surface area contributed by atoms with E-state index in [1.807, 2.05) is 38.1 Å². The van der Waals surface area contributed by atoms with Crippen molar-refractivity contribution in [1.29, 1.82) is 0 Å². The van der Waals surface area contributed by atoms with E-state index in [1.54, 1.807) is 0 Å². The minimum atomic E-state index is -0.189. The van der Waals surface area contributed by atoms with Gasteiger partial charge in [-0.25, -0.2) is 9.97 Å². The molecule has 2 N–H and O–H groups in total. The summed E-state index contributed by atoms with van der Waals surface area (Å²) in [7, 11) is 0. The number of H-pyrrole nitrogens is 1. The highest BCUT2D eigenvalue weighted by Gasteiger charge is 2.20. The lowest BCUT2D eigenvalue weighted by atomic mass is 10.2. The normalized spacial score (nSPS) is 12.5. The third-order valence-electron chi connectivity index (χ3n) is 3.94. The molecule has 3 aromatic rings. The molecule has 0 saturated carbocycles. The number of hydrogen-bond acceptors (Lipinski definition) is 4. The summed E-state index contributed by atoms with van der Waals surface area (Å²) in [5, 5.41) is 3.97. The summed E-state index contributed by atoms with van der Waals surface area (Å²) >= 11 is 1.46. The molecule has 0 bridgehead atoms. The summed E-state index contributed by atoms with van der Waals surface area (Å²) in [5.41, 5.74) is 2.80. The van der Waals surface area contributed by atoms with Crippen molar-refractivity contribution in [1.82, 2.24) is 20.3 Å². The van der Waals surface area contributed by atoms with Gasteiger partial charge in [0.2, 0.25) is 0 Å². The summed E-state index contributed by atoms with van der Waals surface area (Å²) < 4.78 is 0. The van der Waals surface area contributed by atoms with Gasteiger partial charge in [0.25, 0.3) is 5.91 Å². The Morgan fingerprint density at radius 2 is 2.12 bits per heavy atom. The highest BCUT2D eigenvalue weighted by Crippen LogP contribution is 2.22. The predicted octanol–water partition coefficient (Wildman–Crippen LogP) is 4.16. The number of aryl methyl sites for hydroxylation is 2. The fourth-order valence-electron chi connectivity index (χ4n) is 2.67. The molecule has 0 aliphatic rings. The maximum Gasteiger partial charge on any atom is 0.263 e. The van der Waals surface area contributed by atoms with Gasteiger partial charge >= 0.3 is 0 Å². The number of fused-ring (bicyclic) bond motifs is 1. The van der Waals surface area contributed by atoms with E-state index in [0.29, 0.717) is 0 Å². The molecular formula is C18H22N4OS. The molecule has 126 valence electrons. The second-order valence-electron chi connectivity index (χ2n) is 5.95. The Bertz CT molecular complexity index is 819. The molecule has 1 atom stereocenters. The Labute approximate surface area is 145 Å². The van der Waals surface area contributed by atoms with Crippen molar-refractivity contribution in [2.75, 3.05) is 0 Å². The number of carbonyl (C=O) groups is 1. The van der Waals surface area contributed by atoms with Crippen LogP contribution < -0.4 is 5.32 Å². The van der Waals surface area contributed by atoms with Crippen LogP contribution in [-0.4, -0.2) is 20.9 Å². The summed E-state index contributed by atoms with van der Waals surface area (Å²) in [6, 6.07) is 7.67. The van der Waals surface area contributed by atoms with E-state index in [2.05, 4.69) is 27.2 Å². The van der Waals surface area contributed by atoms with Crippen molar-refractivity contribution in [3.8, 4) is 0 Å². The number of nitrogens with zero attached hydrogens (tertiary/aromatic N) is 2. The Balaban J connectivity index is 1.76. The number of para-hydroxylation sites is 2. The van der Waals surface area contributed by atoms with Crippen molar-refractivity contribution in [2.45, 2.75) is 46.1 Å². The highest BCUT2D eigenvalue weighted by atomic mass is 32.1. The molecule has 0 spiro atoms. The Morgan fingerprint density at radius 3 is 2.88 bits per heavy atom. The van der Waals surface area contributed by atoms with Crippen LogP contribution in [0, 0.1) is 6.92 Å². The number of unbranched alkanes of at least 4 members (excludes halogenated alkanes) is 1. The van der Waals surface area contributed by atoms with Gasteiger partial charge in [-0.05, 0) is 38.8 Å². The zero-order valence-corrected chi connectivity index (χ0v) is 15.0. The topological polar surface area (TPSA) is 70.7 Å².